The van der Waals surface area contributed by atoms with E-state index in [1.165, 1.54) is 31.2 Å². The highest BCUT2D eigenvalue weighted by Crippen LogP contribution is 2.33. The van der Waals surface area contributed by atoms with Crippen LogP contribution < -0.4 is 5.32 Å². The third kappa shape index (κ3) is 4.55. The Hall–Kier alpha value is -3.12. The van der Waals surface area contributed by atoms with Crippen LogP contribution in [0.1, 0.15) is 42.9 Å². The monoisotopic (exact) mass is 446 g/mol. The molecular weight excluding hydrogens is 420 g/mol. The molecule has 2 N–H and O–H groups in total. The van der Waals surface area contributed by atoms with E-state index in [-0.39, 0.29) is 0 Å². The molecule has 6 nitrogen and oxygen atoms in total. The molecule has 0 amide bonds. The van der Waals surface area contributed by atoms with Crippen LogP contribution in [0.3, 0.4) is 0 Å². The first-order chi connectivity index (χ1) is 15.7. The fraction of sp³-hybridized carbons (Fsp3) is 0.320. The minimum atomic E-state index is 0.584. The van der Waals surface area contributed by atoms with E-state index in [2.05, 4.69) is 58.0 Å². The van der Waals surface area contributed by atoms with Gasteiger partial charge in [-0.25, -0.2) is 4.98 Å². The molecule has 164 valence electrons. The van der Waals surface area contributed by atoms with Gasteiger partial charge in [0.05, 0.1) is 23.6 Å². The summed E-state index contributed by atoms with van der Waals surface area (Å²) in [4.78, 5) is 8.32. The molecule has 0 radical (unpaired) electrons. The van der Waals surface area contributed by atoms with E-state index in [1.807, 2.05) is 28.9 Å². The molecule has 0 atom stereocenters. The Morgan fingerprint density at radius 3 is 2.50 bits per heavy atom. The molecule has 2 aromatic heterocycles. The summed E-state index contributed by atoms with van der Waals surface area (Å²) in [7, 11) is 0. The van der Waals surface area contributed by atoms with Crippen molar-refractivity contribution in [2.24, 2.45) is 0 Å². The van der Waals surface area contributed by atoms with E-state index in [0.717, 1.165) is 40.7 Å². The van der Waals surface area contributed by atoms with Gasteiger partial charge in [0.25, 0.3) is 0 Å². The van der Waals surface area contributed by atoms with Crippen molar-refractivity contribution >= 4 is 17.5 Å². The van der Waals surface area contributed by atoms with Crippen LogP contribution in [-0.4, -0.2) is 31.5 Å². The van der Waals surface area contributed by atoms with Crippen LogP contribution in [-0.2, 0) is 6.54 Å². The number of hydrogen-bond donors (Lipinski definition) is 2. The van der Waals surface area contributed by atoms with E-state index in [9.17, 15) is 0 Å². The highest BCUT2D eigenvalue weighted by Gasteiger charge is 2.20. The molecular formula is C25H27ClN6. The first-order valence-electron chi connectivity index (χ1n) is 11.2. The Balaban J connectivity index is 1.33. The van der Waals surface area contributed by atoms with Crippen LogP contribution in [0.15, 0.2) is 54.7 Å². The van der Waals surface area contributed by atoms with E-state index >= 15 is 0 Å². The van der Waals surface area contributed by atoms with Crippen molar-refractivity contribution in [1.29, 1.82) is 0 Å². The third-order valence-electron chi connectivity index (χ3n) is 6.12. The van der Waals surface area contributed by atoms with Gasteiger partial charge < -0.3 is 10.3 Å². The fourth-order valence-corrected chi connectivity index (χ4v) is 4.45. The van der Waals surface area contributed by atoms with Crippen LogP contribution in [0.5, 0.6) is 0 Å². The molecule has 1 aliphatic rings. The van der Waals surface area contributed by atoms with Crippen LogP contribution in [0.25, 0.3) is 22.5 Å². The van der Waals surface area contributed by atoms with Crippen LogP contribution in [0, 0.1) is 6.92 Å². The summed E-state index contributed by atoms with van der Waals surface area (Å²) in [5, 5.41) is 12.8. The van der Waals surface area contributed by atoms with Crippen LogP contribution >= 0.6 is 11.6 Å². The first kappa shape index (κ1) is 20.8. The zero-order chi connectivity index (χ0) is 21.9. The Labute approximate surface area is 193 Å². The summed E-state index contributed by atoms with van der Waals surface area (Å²) < 4.78 is 1.92. The van der Waals surface area contributed by atoms with Crippen molar-refractivity contribution < 1.29 is 0 Å². The number of aromatic amines is 1. The summed E-state index contributed by atoms with van der Waals surface area (Å²) in [6, 6.07) is 16.2. The van der Waals surface area contributed by atoms with Gasteiger partial charge in [0.1, 0.15) is 0 Å². The number of halogens is 1. The molecule has 1 aliphatic carbocycles. The molecule has 5 rings (SSSR count). The molecule has 32 heavy (non-hydrogen) atoms. The molecule has 7 heteroatoms. The van der Waals surface area contributed by atoms with Crippen molar-refractivity contribution in [2.45, 2.75) is 45.1 Å². The molecule has 1 saturated carbocycles. The molecule has 0 saturated heterocycles. The second kappa shape index (κ2) is 9.17. The highest BCUT2D eigenvalue weighted by molar-refractivity contribution is 6.30. The zero-order valence-corrected chi connectivity index (χ0v) is 18.9. The molecule has 1 fully saturated rings. The maximum atomic E-state index is 6.09. The normalized spacial score (nSPS) is 14.2. The maximum absolute atomic E-state index is 6.09. The predicted molar refractivity (Wildman–Crippen MR) is 129 cm³/mol. The average Bonchev–Trinajstić information content (AvgIpc) is 3.56. The summed E-state index contributed by atoms with van der Waals surface area (Å²) in [6.07, 6.45) is 7.17. The Bertz CT molecular complexity index is 1110. The molecule has 0 bridgehead atoms. The van der Waals surface area contributed by atoms with Crippen molar-refractivity contribution in [2.75, 3.05) is 11.9 Å². The molecule has 0 aliphatic heterocycles. The molecule has 2 heterocycles. The Morgan fingerprint density at radius 2 is 1.75 bits per heavy atom. The molecule has 2 aromatic carbocycles. The summed E-state index contributed by atoms with van der Waals surface area (Å²) in [6.45, 7) is 3.52. The number of imidazole rings is 1. The number of aromatic nitrogens is 5. The largest absolute Gasteiger partial charge is 0.354 e. The Kier molecular flexibility index (Phi) is 5.95. The summed E-state index contributed by atoms with van der Waals surface area (Å²) in [5.74, 6) is 1.32. The second-order valence-corrected chi connectivity index (χ2v) is 8.93. The maximum Gasteiger partial charge on any atom is 0.201 e. The third-order valence-corrected chi connectivity index (χ3v) is 6.38. The summed E-state index contributed by atoms with van der Waals surface area (Å²) in [5.41, 5.74) is 6.36. The average molecular weight is 447 g/mol. The number of nitrogens with one attached hydrogen (secondary N) is 2. The number of aryl methyl sites for hydroxylation is 1. The highest BCUT2D eigenvalue weighted by atomic mass is 35.5. The minimum Gasteiger partial charge on any atom is -0.354 e. The number of benzene rings is 2. The topological polar surface area (TPSA) is 71.4 Å². The van der Waals surface area contributed by atoms with Crippen molar-refractivity contribution in [3.63, 3.8) is 0 Å². The zero-order valence-electron chi connectivity index (χ0n) is 18.2. The lowest BCUT2D eigenvalue weighted by molar-refractivity contribution is 0.607. The quantitative estimate of drug-likeness (QED) is 0.361. The number of hydrogen-bond acceptors (Lipinski definition) is 4. The van der Waals surface area contributed by atoms with Gasteiger partial charge in [-0.05, 0) is 31.9 Å². The van der Waals surface area contributed by atoms with Crippen molar-refractivity contribution in [3.8, 4) is 22.5 Å². The molecule has 0 spiro atoms. The predicted octanol–water partition coefficient (Wildman–Crippen LogP) is 6.07. The van der Waals surface area contributed by atoms with Crippen LogP contribution in [0.2, 0.25) is 5.02 Å². The van der Waals surface area contributed by atoms with Crippen molar-refractivity contribution in [3.05, 3.63) is 71.0 Å². The lowest BCUT2D eigenvalue weighted by atomic mass is 10.0. The molecule has 4 aromatic rings. The van der Waals surface area contributed by atoms with Gasteiger partial charge in [-0.1, -0.05) is 71.6 Å². The van der Waals surface area contributed by atoms with E-state index in [0.29, 0.717) is 17.5 Å². The Morgan fingerprint density at radius 1 is 1.03 bits per heavy atom. The van der Waals surface area contributed by atoms with Gasteiger partial charge in [-0.15, -0.1) is 5.10 Å². The van der Waals surface area contributed by atoms with Gasteiger partial charge in [-0.3, -0.25) is 4.68 Å². The fourth-order valence-electron chi connectivity index (χ4n) is 4.32. The number of nitrogens with zero attached hydrogens (tertiary/aromatic N) is 4. The van der Waals surface area contributed by atoms with Gasteiger partial charge in [0, 0.05) is 34.8 Å². The number of H-pyrrole nitrogens is 1. The smallest absolute Gasteiger partial charge is 0.201 e. The van der Waals surface area contributed by atoms with Gasteiger partial charge >= 0.3 is 0 Å². The lowest BCUT2D eigenvalue weighted by Gasteiger charge is -2.04. The summed E-state index contributed by atoms with van der Waals surface area (Å²) >= 11 is 6.09. The lowest BCUT2D eigenvalue weighted by Crippen LogP contribution is -2.11. The van der Waals surface area contributed by atoms with Gasteiger partial charge in [-0.2, -0.15) is 0 Å². The van der Waals surface area contributed by atoms with E-state index in [4.69, 9.17) is 16.6 Å². The minimum absolute atomic E-state index is 0.584. The first-order valence-corrected chi connectivity index (χ1v) is 11.6. The number of anilines is 1. The second-order valence-electron chi connectivity index (χ2n) is 8.50. The van der Waals surface area contributed by atoms with Gasteiger partial charge in [0.15, 0.2) is 0 Å². The number of rotatable bonds is 7. The molecule has 0 unspecified atom stereocenters. The van der Waals surface area contributed by atoms with Crippen LogP contribution in [0.4, 0.5) is 5.95 Å². The van der Waals surface area contributed by atoms with E-state index < -0.39 is 0 Å². The van der Waals surface area contributed by atoms with E-state index in [1.54, 1.807) is 0 Å². The SMILES string of the molecule is Cc1ccc(-c2[nH]c(NCCn3cc(C4CCCC4)nn3)nc2-c2ccc(Cl)cc2)cc1. The van der Waals surface area contributed by atoms with Gasteiger partial charge in [0.2, 0.25) is 5.95 Å². The van der Waals surface area contributed by atoms with Crippen molar-refractivity contribution in [1.82, 2.24) is 25.0 Å². The standard InChI is InChI=1S/C25H27ClN6/c1-17-6-8-19(9-7-17)23-24(20-10-12-21(26)13-11-20)29-25(28-23)27-14-15-32-16-22(30-31-32)18-4-2-3-5-18/h6-13,16,18H,2-5,14-15H2,1H3,(H2,27,28,29).